The van der Waals surface area contributed by atoms with Gasteiger partial charge in [-0.1, -0.05) is 18.2 Å². The highest BCUT2D eigenvalue weighted by molar-refractivity contribution is 5.81. The number of likely N-dealkylation sites (N-methyl/N-ethyl adjacent to an activating group) is 1. The summed E-state index contributed by atoms with van der Waals surface area (Å²) in [5, 5.41) is 2.43. The molecule has 0 saturated heterocycles. The van der Waals surface area contributed by atoms with Crippen LogP contribution in [0.5, 0.6) is 0 Å². The number of carbonyl (C=O) groups excluding carboxylic acids is 1. The van der Waals surface area contributed by atoms with Gasteiger partial charge in [0.15, 0.2) is 0 Å². The quantitative estimate of drug-likeness (QED) is 0.858. The van der Waals surface area contributed by atoms with Crippen LogP contribution < -0.4 is 5.32 Å². The van der Waals surface area contributed by atoms with Gasteiger partial charge in [-0.3, -0.25) is 4.79 Å². The van der Waals surface area contributed by atoms with E-state index in [1.165, 1.54) is 37.4 Å². The largest absolute Gasteiger partial charge is 0.416 e. The molecule has 0 heterocycles. The van der Waals surface area contributed by atoms with Crippen LogP contribution in [0.3, 0.4) is 0 Å². The van der Waals surface area contributed by atoms with Crippen molar-refractivity contribution < 1.29 is 22.4 Å². The minimum Gasteiger partial charge on any atom is -0.359 e. The van der Waals surface area contributed by atoms with Crippen molar-refractivity contribution >= 4 is 5.91 Å². The van der Waals surface area contributed by atoms with E-state index in [0.717, 1.165) is 12.1 Å². The zero-order valence-corrected chi connectivity index (χ0v) is 11.7. The van der Waals surface area contributed by atoms with E-state index in [2.05, 4.69) is 5.32 Å². The minimum atomic E-state index is -4.41. The number of amides is 1. The third kappa shape index (κ3) is 3.63. The van der Waals surface area contributed by atoms with Crippen LogP contribution in [-0.4, -0.2) is 13.0 Å². The molecule has 1 amide bonds. The number of rotatable bonds is 3. The molecular formula is C16H13F4NO. The number of halogens is 4. The molecule has 22 heavy (non-hydrogen) atoms. The Bertz CT molecular complexity index is 678. The highest BCUT2D eigenvalue weighted by Gasteiger charge is 2.30. The minimum absolute atomic E-state index is 0.0510. The summed E-state index contributed by atoms with van der Waals surface area (Å²) < 4.78 is 51.1. The summed E-state index contributed by atoms with van der Waals surface area (Å²) >= 11 is 0. The number of carbonyl (C=O) groups is 1. The van der Waals surface area contributed by atoms with Crippen molar-refractivity contribution in [2.75, 3.05) is 7.05 Å². The number of alkyl halides is 3. The second kappa shape index (κ2) is 6.17. The molecule has 2 nitrogen and oxygen atoms in total. The molecule has 0 radical (unpaired) electrons. The highest BCUT2D eigenvalue weighted by Crippen LogP contribution is 2.32. The average Bonchev–Trinajstić information content (AvgIpc) is 2.46. The molecule has 1 N–H and O–H groups in total. The molecule has 2 aromatic carbocycles. The first-order valence-corrected chi connectivity index (χ1v) is 6.48. The Hall–Kier alpha value is -2.37. The molecule has 0 saturated carbocycles. The standard InChI is InChI=1S/C16H13F4NO/c1-21-15(22)9-11-8-13(17)6-7-14(11)10-2-4-12(5-3-10)16(18,19)20/h2-8H,9H2,1H3,(H,21,22). The Morgan fingerprint density at radius 2 is 1.73 bits per heavy atom. The van der Waals surface area contributed by atoms with Gasteiger partial charge < -0.3 is 5.32 Å². The maximum atomic E-state index is 13.4. The number of nitrogens with one attached hydrogen (secondary N) is 1. The molecule has 0 aromatic heterocycles. The molecular weight excluding hydrogens is 298 g/mol. The van der Waals surface area contributed by atoms with Crippen molar-refractivity contribution in [1.29, 1.82) is 0 Å². The Balaban J connectivity index is 2.41. The van der Waals surface area contributed by atoms with Gasteiger partial charge >= 0.3 is 6.18 Å². The summed E-state index contributed by atoms with van der Waals surface area (Å²) in [6.45, 7) is 0. The fraction of sp³-hybridized carbons (Fsp3) is 0.188. The van der Waals surface area contributed by atoms with Crippen LogP contribution in [-0.2, 0) is 17.4 Å². The summed E-state index contributed by atoms with van der Waals surface area (Å²) in [6, 6.07) is 8.41. The monoisotopic (exact) mass is 311 g/mol. The predicted molar refractivity (Wildman–Crippen MR) is 74.6 cm³/mol. The van der Waals surface area contributed by atoms with Gasteiger partial charge in [-0.25, -0.2) is 4.39 Å². The molecule has 0 spiro atoms. The first-order valence-electron chi connectivity index (χ1n) is 6.48. The second-order valence-electron chi connectivity index (χ2n) is 4.73. The van der Waals surface area contributed by atoms with E-state index >= 15 is 0 Å². The van der Waals surface area contributed by atoms with Crippen LogP contribution in [0.1, 0.15) is 11.1 Å². The topological polar surface area (TPSA) is 29.1 Å². The normalized spacial score (nSPS) is 11.3. The lowest BCUT2D eigenvalue weighted by atomic mass is 9.96. The van der Waals surface area contributed by atoms with E-state index in [1.807, 2.05) is 0 Å². The first-order chi connectivity index (χ1) is 10.3. The van der Waals surface area contributed by atoms with Crippen LogP contribution in [0.25, 0.3) is 11.1 Å². The molecule has 0 aliphatic heterocycles. The fourth-order valence-electron chi connectivity index (χ4n) is 2.09. The van der Waals surface area contributed by atoms with Crippen LogP contribution in [0.4, 0.5) is 17.6 Å². The van der Waals surface area contributed by atoms with E-state index in [4.69, 9.17) is 0 Å². The number of hydrogen-bond acceptors (Lipinski definition) is 1. The van der Waals surface area contributed by atoms with Crippen LogP contribution >= 0.6 is 0 Å². The molecule has 0 aliphatic rings. The summed E-state index contributed by atoms with van der Waals surface area (Å²) in [5.74, 6) is -0.812. The van der Waals surface area contributed by atoms with Crippen molar-refractivity contribution in [1.82, 2.24) is 5.32 Å². The smallest absolute Gasteiger partial charge is 0.359 e. The van der Waals surface area contributed by atoms with Gasteiger partial charge in [0.05, 0.1) is 12.0 Å². The van der Waals surface area contributed by atoms with Gasteiger partial charge in [0.2, 0.25) is 5.91 Å². The van der Waals surface area contributed by atoms with Gasteiger partial charge in [0.25, 0.3) is 0 Å². The highest BCUT2D eigenvalue weighted by atomic mass is 19.4. The van der Waals surface area contributed by atoms with Gasteiger partial charge in [0, 0.05) is 7.05 Å². The molecule has 0 atom stereocenters. The predicted octanol–water partition coefficient (Wildman–Crippen LogP) is 3.80. The summed E-state index contributed by atoms with van der Waals surface area (Å²) in [6.07, 6.45) is -4.46. The molecule has 0 fully saturated rings. The molecule has 6 heteroatoms. The van der Waals surface area contributed by atoms with Crippen molar-refractivity contribution in [3.05, 3.63) is 59.4 Å². The number of hydrogen-bond donors (Lipinski definition) is 1. The number of benzene rings is 2. The lowest BCUT2D eigenvalue weighted by molar-refractivity contribution is -0.137. The Labute approximate surface area is 124 Å². The fourth-order valence-corrected chi connectivity index (χ4v) is 2.09. The van der Waals surface area contributed by atoms with Crippen LogP contribution in [0.2, 0.25) is 0 Å². The molecule has 0 unspecified atom stereocenters. The van der Waals surface area contributed by atoms with E-state index in [0.29, 0.717) is 16.7 Å². The van der Waals surface area contributed by atoms with Crippen LogP contribution in [0.15, 0.2) is 42.5 Å². The maximum absolute atomic E-state index is 13.4. The van der Waals surface area contributed by atoms with Crippen LogP contribution in [0, 0.1) is 5.82 Å². The first kappa shape index (κ1) is 16.0. The molecule has 2 rings (SSSR count). The summed E-state index contributed by atoms with van der Waals surface area (Å²) in [5.41, 5.74) is 0.677. The van der Waals surface area contributed by atoms with Gasteiger partial charge in [-0.2, -0.15) is 13.2 Å². The Morgan fingerprint density at radius 3 is 2.27 bits per heavy atom. The van der Waals surface area contributed by atoms with Gasteiger partial charge in [-0.15, -0.1) is 0 Å². The molecule has 0 bridgehead atoms. The van der Waals surface area contributed by atoms with Crippen molar-refractivity contribution in [3.63, 3.8) is 0 Å². The van der Waals surface area contributed by atoms with Gasteiger partial charge in [0.1, 0.15) is 5.82 Å². The maximum Gasteiger partial charge on any atom is 0.416 e. The summed E-state index contributed by atoms with van der Waals surface area (Å²) in [4.78, 5) is 11.5. The van der Waals surface area contributed by atoms with E-state index in [1.54, 1.807) is 0 Å². The third-order valence-corrected chi connectivity index (χ3v) is 3.22. The van der Waals surface area contributed by atoms with E-state index < -0.39 is 17.6 Å². The molecule has 0 aliphatic carbocycles. The lowest BCUT2D eigenvalue weighted by Gasteiger charge is -2.11. The average molecular weight is 311 g/mol. The van der Waals surface area contributed by atoms with Crippen molar-refractivity contribution in [2.45, 2.75) is 12.6 Å². The van der Waals surface area contributed by atoms with Crippen molar-refractivity contribution in [2.24, 2.45) is 0 Å². The molecule has 116 valence electrons. The Kier molecular flexibility index (Phi) is 4.49. The van der Waals surface area contributed by atoms with Gasteiger partial charge in [-0.05, 0) is 41.0 Å². The SMILES string of the molecule is CNC(=O)Cc1cc(F)ccc1-c1ccc(C(F)(F)F)cc1. The third-order valence-electron chi connectivity index (χ3n) is 3.22. The second-order valence-corrected chi connectivity index (χ2v) is 4.73. The Morgan fingerprint density at radius 1 is 1.09 bits per heavy atom. The summed E-state index contributed by atoms with van der Waals surface area (Å²) in [7, 11) is 1.46. The van der Waals surface area contributed by atoms with E-state index in [9.17, 15) is 22.4 Å². The zero-order valence-electron chi connectivity index (χ0n) is 11.7. The van der Waals surface area contributed by atoms with Crippen molar-refractivity contribution in [3.8, 4) is 11.1 Å². The zero-order chi connectivity index (χ0) is 16.3. The van der Waals surface area contributed by atoms with E-state index in [-0.39, 0.29) is 12.3 Å². The lowest BCUT2D eigenvalue weighted by Crippen LogP contribution is -2.20. The molecule has 2 aromatic rings.